The van der Waals surface area contributed by atoms with Gasteiger partial charge in [-0.25, -0.2) is 0 Å². The topological polar surface area (TPSA) is 58.6 Å². The first-order valence-electron chi connectivity index (χ1n) is 11.6. The van der Waals surface area contributed by atoms with Crippen LogP contribution < -0.4 is 14.8 Å². The monoisotopic (exact) mass is 432 g/mol. The number of hydrogen-bond donors (Lipinski definition) is 1. The van der Waals surface area contributed by atoms with Gasteiger partial charge in [0.05, 0.1) is 20.8 Å². The van der Waals surface area contributed by atoms with Gasteiger partial charge < -0.3 is 29.3 Å². The molecule has 0 aliphatic carbocycles. The van der Waals surface area contributed by atoms with Gasteiger partial charge in [0.1, 0.15) is 11.5 Å². The normalized spacial score (nSPS) is 20.8. The summed E-state index contributed by atoms with van der Waals surface area (Å²) in [6, 6.07) is 6.21. The van der Waals surface area contributed by atoms with Crippen LogP contribution in [0.1, 0.15) is 37.7 Å². The molecule has 174 valence electrons. The van der Waals surface area contributed by atoms with Crippen LogP contribution in [0, 0.1) is 5.92 Å². The lowest BCUT2D eigenvalue weighted by Crippen LogP contribution is -2.41. The molecule has 3 rings (SSSR count). The fourth-order valence-electron chi connectivity index (χ4n) is 4.54. The Balaban J connectivity index is 1.57. The number of guanidine groups is 1. The van der Waals surface area contributed by atoms with Crippen LogP contribution in [0.5, 0.6) is 11.5 Å². The molecule has 1 unspecified atom stereocenters. The quantitative estimate of drug-likeness (QED) is 0.478. The van der Waals surface area contributed by atoms with Gasteiger partial charge in [-0.05, 0) is 62.9 Å². The maximum absolute atomic E-state index is 5.46. The third-order valence-corrected chi connectivity index (χ3v) is 6.49. The van der Waals surface area contributed by atoms with Gasteiger partial charge in [-0.2, -0.15) is 0 Å². The number of benzene rings is 1. The van der Waals surface area contributed by atoms with Crippen LogP contribution in [0.3, 0.4) is 0 Å². The lowest BCUT2D eigenvalue weighted by molar-refractivity contribution is 0.121. The summed E-state index contributed by atoms with van der Waals surface area (Å²) in [5, 5.41) is 3.52. The van der Waals surface area contributed by atoms with E-state index in [0.29, 0.717) is 11.8 Å². The Morgan fingerprint density at radius 1 is 1.03 bits per heavy atom. The van der Waals surface area contributed by atoms with Crippen molar-refractivity contribution in [3.05, 3.63) is 23.8 Å². The van der Waals surface area contributed by atoms with Crippen molar-refractivity contribution in [1.29, 1.82) is 0 Å². The highest BCUT2D eigenvalue weighted by Gasteiger charge is 2.27. The van der Waals surface area contributed by atoms with E-state index < -0.39 is 0 Å². The van der Waals surface area contributed by atoms with Crippen LogP contribution in [-0.4, -0.2) is 89.5 Å². The van der Waals surface area contributed by atoms with Crippen LogP contribution >= 0.6 is 0 Å². The summed E-state index contributed by atoms with van der Waals surface area (Å²) in [6.07, 6.45) is 3.55. The van der Waals surface area contributed by atoms with E-state index in [0.717, 1.165) is 76.3 Å². The molecule has 2 aliphatic rings. The number of nitrogens with one attached hydrogen (secondary N) is 1. The number of hydrogen-bond acceptors (Lipinski definition) is 5. The molecular formula is C24H40N4O3. The number of nitrogens with zero attached hydrogens (tertiary/aromatic N) is 3. The van der Waals surface area contributed by atoms with Crippen LogP contribution in [0.15, 0.2) is 23.2 Å². The van der Waals surface area contributed by atoms with Gasteiger partial charge in [0.25, 0.3) is 0 Å². The summed E-state index contributed by atoms with van der Waals surface area (Å²) >= 11 is 0. The van der Waals surface area contributed by atoms with Gasteiger partial charge in [0.15, 0.2) is 5.96 Å². The molecule has 1 aromatic rings. The second kappa shape index (κ2) is 12.2. The van der Waals surface area contributed by atoms with Gasteiger partial charge in [0.2, 0.25) is 0 Å². The zero-order chi connectivity index (χ0) is 22.1. The molecule has 7 heteroatoms. The van der Waals surface area contributed by atoms with Crippen molar-refractivity contribution < 1.29 is 14.2 Å². The molecule has 1 N–H and O–H groups in total. The Kier molecular flexibility index (Phi) is 9.28. The molecule has 0 spiro atoms. The summed E-state index contributed by atoms with van der Waals surface area (Å²) < 4.78 is 16.1. The zero-order valence-electron chi connectivity index (χ0n) is 19.7. The second-order valence-corrected chi connectivity index (χ2v) is 8.55. The van der Waals surface area contributed by atoms with Crippen molar-refractivity contribution in [2.45, 2.75) is 32.1 Å². The average Bonchev–Trinajstić information content (AvgIpc) is 3.31. The molecule has 0 aromatic heterocycles. The molecule has 0 amide bonds. The number of methoxy groups -OCH3 is 3. The second-order valence-electron chi connectivity index (χ2n) is 8.55. The third kappa shape index (κ3) is 6.74. The number of rotatable bonds is 9. The molecule has 31 heavy (non-hydrogen) atoms. The Bertz CT molecular complexity index is 682. The van der Waals surface area contributed by atoms with Gasteiger partial charge in [-0.3, -0.25) is 4.99 Å². The van der Waals surface area contributed by atoms with E-state index in [1.165, 1.54) is 18.4 Å². The first kappa shape index (κ1) is 23.7. The lowest BCUT2D eigenvalue weighted by atomic mass is 9.97. The predicted molar refractivity (Wildman–Crippen MR) is 125 cm³/mol. The molecule has 0 bridgehead atoms. The highest BCUT2D eigenvalue weighted by molar-refractivity contribution is 5.80. The Morgan fingerprint density at radius 2 is 1.74 bits per heavy atom. The fraction of sp³-hybridized carbons (Fsp3) is 0.708. The van der Waals surface area contributed by atoms with Gasteiger partial charge in [-0.15, -0.1) is 0 Å². The molecule has 0 saturated carbocycles. The zero-order valence-corrected chi connectivity index (χ0v) is 19.7. The van der Waals surface area contributed by atoms with Crippen molar-refractivity contribution in [2.24, 2.45) is 10.9 Å². The largest absolute Gasteiger partial charge is 0.497 e. The highest BCUT2D eigenvalue weighted by atomic mass is 16.5. The summed E-state index contributed by atoms with van der Waals surface area (Å²) in [7, 11) is 5.19. The van der Waals surface area contributed by atoms with Crippen LogP contribution in [0.2, 0.25) is 0 Å². The van der Waals surface area contributed by atoms with Crippen LogP contribution in [-0.2, 0) is 4.74 Å². The number of aliphatic imine (C=N–C) groups is 1. The lowest BCUT2D eigenvalue weighted by Gasteiger charge is -2.31. The molecule has 2 aliphatic heterocycles. The molecule has 1 aromatic carbocycles. The molecule has 2 heterocycles. The molecule has 2 saturated heterocycles. The summed E-state index contributed by atoms with van der Waals surface area (Å²) in [4.78, 5) is 9.95. The predicted octanol–water partition coefficient (Wildman–Crippen LogP) is 2.82. The van der Waals surface area contributed by atoms with E-state index in [4.69, 9.17) is 19.2 Å². The average molecular weight is 433 g/mol. The minimum Gasteiger partial charge on any atom is -0.497 e. The SMILES string of the molecule is CCNC(=NCC1CCN(CCOC)CC1)N1CCC(c2cc(OC)cc(OC)c2)C1. The maximum Gasteiger partial charge on any atom is 0.193 e. The van der Waals surface area contributed by atoms with Crippen LogP contribution in [0.25, 0.3) is 0 Å². The van der Waals surface area contributed by atoms with Crippen molar-refractivity contribution in [1.82, 2.24) is 15.1 Å². The third-order valence-electron chi connectivity index (χ3n) is 6.49. The molecule has 1 atom stereocenters. The molecule has 0 radical (unpaired) electrons. The molecular weight excluding hydrogens is 392 g/mol. The Hall–Kier alpha value is -1.99. The standard InChI is InChI=1S/C24H40N4O3/c1-5-25-24(26-17-19-6-9-27(10-7-19)12-13-29-2)28-11-8-20(18-28)21-14-22(30-3)16-23(15-21)31-4/h14-16,19-20H,5-13,17-18H2,1-4H3,(H,25,26). The maximum atomic E-state index is 5.46. The first-order valence-corrected chi connectivity index (χ1v) is 11.6. The Morgan fingerprint density at radius 3 is 2.35 bits per heavy atom. The van der Waals surface area contributed by atoms with Crippen molar-refractivity contribution in [3.63, 3.8) is 0 Å². The summed E-state index contributed by atoms with van der Waals surface area (Å²) in [5.74, 6) is 3.89. The van der Waals surface area contributed by atoms with E-state index in [1.54, 1.807) is 21.3 Å². The summed E-state index contributed by atoms with van der Waals surface area (Å²) in [6.45, 7) is 10.1. The van der Waals surface area contributed by atoms with E-state index in [-0.39, 0.29) is 0 Å². The van der Waals surface area contributed by atoms with Gasteiger partial charge in [-0.1, -0.05) is 0 Å². The minimum absolute atomic E-state index is 0.455. The van der Waals surface area contributed by atoms with Crippen molar-refractivity contribution in [2.75, 3.05) is 73.7 Å². The first-order chi connectivity index (χ1) is 15.2. The number of likely N-dealkylation sites (tertiary alicyclic amines) is 2. The van der Waals surface area contributed by atoms with Crippen LogP contribution in [0.4, 0.5) is 0 Å². The Labute approximate surface area is 187 Å². The molecule has 7 nitrogen and oxygen atoms in total. The number of piperidine rings is 1. The van der Waals surface area contributed by atoms with Crippen molar-refractivity contribution >= 4 is 5.96 Å². The smallest absolute Gasteiger partial charge is 0.193 e. The number of ether oxygens (including phenoxy) is 3. The molecule has 2 fully saturated rings. The van der Waals surface area contributed by atoms with Gasteiger partial charge in [0, 0.05) is 51.8 Å². The van der Waals surface area contributed by atoms with E-state index in [2.05, 4.69) is 34.2 Å². The van der Waals surface area contributed by atoms with Gasteiger partial charge >= 0.3 is 0 Å². The van der Waals surface area contributed by atoms with E-state index >= 15 is 0 Å². The fourth-order valence-corrected chi connectivity index (χ4v) is 4.54. The summed E-state index contributed by atoms with van der Waals surface area (Å²) in [5.41, 5.74) is 1.28. The van der Waals surface area contributed by atoms with Crippen molar-refractivity contribution in [3.8, 4) is 11.5 Å². The van der Waals surface area contributed by atoms with E-state index in [1.807, 2.05) is 6.07 Å². The highest BCUT2D eigenvalue weighted by Crippen LogP contribution is 2.33. The minimum atomic E-state index is 0.455. The van der Waals surface area contributed by atoms with E-state index in [9.17, 15) is 0 Å².